The summed E-state index contributed by atoms with van der Waals surface area (Å²) in [6.45, 7) is 8.14. The lowest BCUT2D eigenvalue weighted by atomic mass is 9.91. The summed E-state index contributed by atoms with van der Waals surface area (Å²) in [6, 6.07) is 0.527. The minimum atomic E-state index is -0.130. The Balaban J connectivity index is 2.54. The van der Waals surface area contributed by atoms with Crippen molar-refractivity contribution in [3.63, 3.8) is 0 Å². The van der Waals surface area contributed by atoms with E-state index in [-0.39, 0.29) is 17.9 Å². The highest BCUT2D eigenvalue weighted by molar-refractivity contribution is 5.72. The van der Waals surface area contributed by atoms with Crippen molar-refractivity contribution in [3.05, 3.63) is 0 Å². The molecule has 1 heterocycles. The molecule has 0 aromatic heterocycles. The highest BCUT2D eigenvalue weighted by Crippen LogP contribution is 2.21. The number of piperidine rings is 1. The Morgan fingerprint density at radius 2 is 2.12 bits per heavy atom. The van der Waals surface area contributed by atoms with Gasteiger partial charge in [0.15, 0.2) is 0 Å². The van der Waals surface area contributed by atoms with E-state index in [1.807, 2.05) is 6.92 Å². The zero-order chi connectivity index (χ0) is 12.3. The number of likely N-dealkylation sites (tertiary alicyclic amines) is 1. The van der Waals surface area contributed by atoms with E-state index in [1.165, 1.54) is 7.11 Å². The molecular formula is C12H24N2O2. The molecule has 1 aliphatic heterocycles. The minimum absolute atomic E-state index is 0.0773. The average Bonchev–Trinajstić information content (AvgIpc) is 2.29. The van der Waals surface area contributed by atoms with Crippen LogP contribution in [0, 0.1) is 11.8 Å². The molecule has 0 saturated carbocycles. The molecule has 0 radical (unpaired) electrons. The number of hydrogen-bond donors (Lipinski definition) is 1. The van der Waals surface area contributed by atoms with E-state index in [1.54, 1.807) is 0 Å². The second-order valence-electron chi connectivity index (χ2n) is 4.98. The average molecular weight is 228 g/mol. The molecule has 1 aliphatic rings. The number of ether oxygens (including phenoxy) is 1. The molecule has 16 heavy (non-hydrogen) atoms. The van der Waals surface area contributed by atoms with Gasteiger partial charge >= 0.3 is 5.97 Å². The van der Waals surface area contributed by atoms with Crippen LogP contribution in [-0.2, 0) is 9.53 Å². The van der Waals surface area contributed by atoms with E-state index in [0.29, 0.717) is 12.0 Å². The van der Waals surface area contributed by atoms with Gasteiger partial charge in [-0.15, -0.1) is 0 Å². The highest BCUT2D eigenvalue weighted by Gasteiger charge is 2.31. The number of carbonyl (C=O) groups is 1. The summed E-state index contributed by atoms with van der Waals surface area (Å²) in [7, 11) is 1.44. The first-order chi connectivity index (χ1) is 7.47. The van der Waals surface area contributed by atoms with Crippen LogP contribution in [-0.4, -0.2) is 43.2 Å². The lowest BCUT2D eigenvalue weighted by Crippen LogP contribution is -2.51. The SMILES string of the molecule is COC(=O)C(C)C(C)N1CCC(N)C(C)C1. The molecule has 0 bridgehead atoms. The summed E-state index contributed by atoms with van der Waals surface area (Å²) in [4.78, 5) is 13.8. The number of nitrogens with zero attached hydrogens (tertiary/aromatic N) is 1. The van der Waals surface area contributed by atoms with Gasteiger partial charge in [0.25, 0.3) is 0 Å². The second-order valence-corrected chi connectivity index (χ2v) is 4.98. The Kier molecular flexibility index (Phi) is 4.74. The van der Waals surface area contributed by atoms with E-state index in [0.717, 1.165) is 19.5 Å². The smallest absolute Gasteiger partial charge is 0.309 e. The number of esters is 1. The largest absolute Gasteiger partial charge is 0.469 e. The van der Waals surface area contributed by atoms with Crippen molar-refractivity contribution in [2.24, 2.45) is 17.6 Å². The van der Waals surface area contributed by atoms with E-state index >= 15 is 0 Å². The Labute approximate surface area is 98.1 Å². The minimum Gasteiger partial charge on any atom is -0.469 e. The van der Waals surface area contributed by atoms with Crippen molar-refractivity contribution in [2.75, 3.05) is 20.2 Å². The molecule has 1 rings (SSSR count). The van der Waals surface area contributed by atoms with Gasteiger partial charge in [0.05, 0.1) is 13.0 Å². The molecule has 0 aliphatic carbocycles. The van der Waals surface area contributed by atoms with Crippen molar-refractivity contribution < 1.29 is 9.53 Å². The number of nitrogens with two attached hydrogens (primary N) is 1. The predicted molar refractivity (Wildman–Crippen MR) is 64.0 cm³/mol. The monoisotopic (exact) mass is 228 g/mol. The lowest BCUT2D eigenvalue weighted by Gasteiger charge is -2.40. The fourth-order valence-electron chi connectivity index (χ4n) is 2.26. The van der Waals surface area contributed by atoms with Gasteiger partial charge in [-0.2, -0.15) is 0 Å². The van der Waals surface area contributed by atoms with Crippen LogP contribution in [0.2, 0.25) is 0 Å². The molecule has 0 aromatic rings. The van der Waals surface area contributed by atoms with Gasteiger partial charge in [-0.25, -0.2) is 0 Å². The summed E-state index contributed by atoms with van der Waals surface area (Å²) < 4.78 is 4.78. The number of hydrogen-bond acceptors (Lipinski definition) is 4. The van der Waals surface area contributed by atoms with Gasteiger partial charge in [0, 0.05) is 18.6 Å². The summed E-state index contributed by atoms with van der Waals surface area (Å²) >= 11 is 0. The van der Waals surface area contributed by atoms with Gasteiger partial charge in [0.1, 0.15) is 0 Å². The van der Waals surface area contributed by atoms with E-state index < -0.39 is 0 Å². The van der Waals surface area contributed by atoms with Crippen LogP contribution < -0.4 is 5.73 Å². The number of methoxy groups -OCH3 is 1. The van der Waals surface area contributed by atoms with Crippen LogP contribution in [0.15, 0.2) is 0 Å². The van der Waals surface area contributed by atoms with Crippen LogP contribution in [0.5, 0.6) is 0 Å². The molecule has 1 saturated heterocycles. The van der Waals surface area contributed by atoms with Gasteiger partial charge < -0.3 is 10.5 Å². The van der Waals surface area contributed by atoms with Crippen LogP contribution in [0.25, 0.3) is 0 Å². The second kappa shape index (κ2) is 5.64. The Morgan fingerprint density at radius 1 is 1.50 bits per heavy atom. The zero-order valence-electron chi connectivity index (χ0n) is 10.8. The van der Waals surface area contributed by atoms with Crippen LogP contribution in [0.1, 0.15) is 27.2 Å². The maximum atomic E-state index is 11.5. The van der Waals surface area contributed by atoms with E-state index in [9.17, 15) is 4.79 Å². The van der Waals surface area contributed by atoms with E-state index in [2.05, 4.69) is 18.7 Å². The summed E-state index contributed by atoms with van der Waals surface area (Å²) in [5, 5.41) is 0. The molecule has 0 aromatic carbocycles. The number of carbonyl (C=O) groups excluding carboxylic acids is 1. The van der Waals surface area contributed by atoms with Gasteiger partial charge in [-0.1, -0.05) is 13.8 Å². The number of rotatable bonds is 3. The van der Waals surface area contributed by atoms with Gasteiger partial charge in [-0.05, 0) is 25.8 Å². The molecule has 4 atom stereocenters. The third-order valence-corrected chi connectivity index (χ3v) is 3.88. The highest BCUT2D eigenvalue weighted by atomic mass is 16.5. The Morgan fingerprint density at radius 3 is 2.62 bits per heavy atom. The molecule has 94 valence electrons. The van der Waals surface area contributed by atoms with Crippen molar-refractivity contribution in [1.29, 1.82) is 0 Å². The van der Waals surface area contributed by atoms with Gasteiger partial charge in [-0.3, -0.25) is 9.69 Å². The fourth-order valence-corrected chi connectivity index (χ4v) is 2.26. The molecule has 4 unspecified atom stereocenters. The molecule has 0 spiro atoms. The molecular weight excluding hydrogens is 204 g/mol. The third-order valence-electron chi connectivity index (χ3n) is 3.88. The van der Waals surface area contributed by atoms with Crippen LogP contribution in [0.3, 0.4) is 0 Å². The Hall–Kier alpha value is -0.610. The standard InChI is InChI=1S/C12H24N2O2/c1-8-7-14(6-5-11(8)13)10(3)9(2)12(15)16-4/h8-11H,5-7,13H2,1-4H3. The van der Waals surface area contributed by atoms with Gasteiger partial charge in [0.2, 0.25) is 0 Å². The first-order valence-electron chi connectivity index (χ1n) is 6.04. The van der Waals surface area contributed by atoms with E-state index in [4.69, 9.17) is 10.5 Å². The fraction of sp³-hybridized carbons (Fsp3) is 0.917. The topological polar surface area (TPSA) is 55.6 Å². The molecule has 4 heteroatoms. The molecule has 2 N–H and O–H groups in total. The summed E-state index contributed by atoms with van der Waals surface area (Å²) in [5.41, 5.74) is 5.98. The third kappa shape index (κ3) is 2.95. The van der Waals surface area contributed by atoms with Crippen molar-refractivity contribution in [1.82, 2.24) is 4.90 Å². The summed E-state index contributed by atoms with van der Waals surface area (Å²) in [5.74, 6) is 0.294. The predicted octanol–water partition coefficient (Wildman–Crippen LogP) is 0.853. The first kappa shape index (κ1) is 13.5. The first-order valence-corrected chi connectivity index (χ1v) is 6.04. The maximum absolute atomic E-state index is 11.5. The van der Waals surface area contributed by atoms with Crippen molar-refractivity contribution >= 4 is 5.97 Å². The normalized spacial score (nSPS) is 30.8. The quantitative estimate of drug-likeness (QED) is 0.728. The maximum Gasteiger partial charge on any atom is 0.309 e. The molecule has 1 fully saturated rings. The van der Waals surface area contributed by atoms with Crippen molar-refractivity contribution in [3.8, 4) is 0 Å². The van der Waals surface area contributed by atoms with Crippen LogP contribution in [0.4, 0.5) is 0 Å². The van der Waals surface area contributed by atoms with Crippen LogP contribution >= 0.6 is 0 Å². The van der Waals surface area contributed by atoms with Crippen molar-refractivity contribution in [2.45, 2.75) is 39.3 Å². The molecule has 4 nitrogen and oxygen atoms in total. The molecule has 0 amide bonds. The lowest BCUT2D eigenvalue weighted by molar-refractivity contribution is -0.147. The Bertz CT molecular complexity index is 245. The summed E-state index contributed by atoms with van der Waals surface area (Å²) in [6.07, 6.45) is 1.01. The zero-order valence-corrected chi connectivity index (χ0v) is 10.8.